The van der Waals surface area contributed by atoms with E-state index in [1.807, 2.05) is 24.3 Å². The first-order valence-electron chi connectivity index (χ1n) is 7.97. The van der Waals surface area contributed by atoms with Gasteiger partial charge in [-0.2, -0.15) is 0 Å². The van der Waals surface area contributed by atoms with Crippen LogP contribution in [0.3, 0.4) is 0 Å². The van der Waals surface area contributed by atoms with Crippen molar-refractivity contribution in [3.05, 3.63) is 30.2 Å². The molecule has 1 aliphatic carbocycles. The van der Waals surface area contributed by atoms with Gasteiger partial charge in [0, 0.05) is 17.4 Å². The van der Waals surface area contributed by atoms with Crippen LogP contribution in [0.25, 0.3) is 11.1 Å². The molecular weight excluding hydrogens is 276 g/mol. The number of nitrogens with one attached hydrogen (secondary N) is 1. The fraction of sp³-hybridized carbons (Fsp3) is 0.556. The molecule has 1 aromatic heterocycles. The van der Waals surface area contributed by atoms with E-state index >= 15 is 0 Å². The SMILES string of the molecule is C[C@@]12CNC(=O)[C@@](C)(C1)C[C@](C)(c1nc3ccccc3o1)C2. The number of nitrogens with zero attached hydrogens (tertiary/aromatic N) is 1. The van der Waals surface area contributed by atoms with Gasteiger partial charge in [0.05, 0.1) is 0 Å². The molecule has 1 saturated heterocycles. The standard InChI is InChI=1S/C18H22N2O2/c1-16-8-17(2,14(21)19-11-16)10-18(3,9-16)15-20-12-6-4-5-7-13(12)22-15/h4-7H,8-11H2,1-3H3,(H,19,21)/t16-,17+,18-/m1/s1. The van der Waals surface area contributed by atoms with Crippen molar-refractivity contribution in [2.75, 3.05) is 6.54 Å². The fourth-order valence-corrected chi connectivity index (χ4v) is 5.01. The first-order valence-corrected chi connectivity index (χ1v) is 7.97. The molecular formula is C18H22N2O2. The van der Waals surface area contributed by atoms with E-state index in [0.717, 1.165) is 42.8 Å². The third kappa shape index (κ3) is 1.89. The summed E-state index contributed by atoms with van der Waals surface area (Å²) in [6, 6.07) is 7.87. The lowest BCUT2D eigenvalue weighted by atomic mass is 9.52. The van der Waals surface area contributed by atoms with Crippen LogP contribution in [0.15, 0.2) is 28.7 Å². The van der Waals surface area contributed by atoms with Crippen LogP contribution >= 0.6 is 0 Å². The summed E-state index contributed by atoms with van der Waals surface area (Å²) in [6.45, 7) is 7.30. The zero-order chi connectivity index (χ0) is 15.6. The highest BCUT2D eigenvalue weighted by atomic mass is 16.3. The summed E-state index contributed by atoms with van der Waals surface area (Å²) in [4.78, 5) is 17.1. The van der Waals surface area contributed by atoms with Crippen molar-refractivity contribution in [1.29, 1.82) is 0 Å². The molecule has 4 heteroatoms. The summed E-state index contributed by atoms with van der Waals surface area (Å²) in [5.74, 6) is 0.951. The van der Waals surface area contributed by atoms with Gasteiger partial charge in [0.2, 0.25) is 11.8 Å². The van der Waals surface area contributed by atoms with Gasteiger partial charge in [-0.25, -0.2) is 4.98 Å². The second-order valence-corrected chi connectivity index (χ2v) is 8.13. The quantitative estimate of drug-likeness (QED) is 0.877. The molecule has 1 aliphatic heterocycles. The van der Waals surface area contributed by atoms with Crippen LogP contribution in [-0.2, 0) is 10.2 Å². The van der Waals surface area contributed by atoms with Crippen LogP contribution in [0.4, 0.5) is 0 Å². The number of fused-ring (bicyclic) bond motifs is 3. The Hall–Kier alpha value is -1.84. The van der Waals surface area contributed by atoms with Crippen molar-refractivity contribution in [2.45, 2.75) is 45.4 Å². The van der Waals surface area contributed by atoms with E-state index in [2.05, 4.69) is 26.1 Å². The highest BCUT2D eigenvalue weighted by Crippen LogP contribution is 2.56. The molecule has 2 heterocycles. The van der Waals surface area contributed by atoms with Gasteiger partial charge in [-0.15, -0.1) is 0 Å². The minimum Gasteiger partial charge on any atom is -0.440 e. The van der Waals surface area contributed by atoms with Gasteiger partial charge in [-0.3, -0.25) is 4.79 Å². The minimum absolute atomic E-state index is 0.107. The molecule has 1 saturated carbocycles. The third-order valence-corrected chi connectivity index (χ3v) is 5.45. The number of benzene rings is 1. The van der Waals surface area contributed by atoms with Crippen molar-refractivity contribution < 1.29 is 9.21 Å². The Morgan fingerprint density at radius 1 is 1.09 bits per heavy atom. The molecule has 2 aromatic rings. The number of aromatic nitrogens is 1. The number of hydrogen-bond acceptors (Lipinski definition) is 3. The van der Waals surface area contributed by atoms with Crippen molar-refractivity contribution in [3.8, 4) is 0 Å². The Balaban J connectivity index is 1.81. The number of carbonyl (C=O) groups is 1. The number of amides is 1. The Bertz CT molecular complexity index is 734. The van der Waals surface area contributed by atoms with Gasteiger partial charge in [-0.05, 0) is 36.8 Å². The lowest BCUT2D eigenvalue weighted by molar-refractivity contribution is -0.143. The van der Waals surface area contributed by atoms with Crippen LogP contribution in [0.2, 0.25) is 0 Å². The zero-order valence-corrected chi connectivity index (χ0v) is 13.4. The van der Waals surface area contributed by atoms with Gasteiger partial charge in [0.15, 0.2) is 5.58 Å². The molecule has 1 N–H and O–H groups in total. The van der Waals surface area contributed by atoms with Gasteiger partial charge in [0.1, 0.15) is 5.52 Å². The first-order chi connectivity index (χ1) is 10.3. The average molecular weight is 298 g/mol. The Morgan fingerprint density at radius 3 is 2.59 bits per heavy atom. The molecule has 4 rings (SSSR count). The molecule has 3 atom stereocenters. The molecule has 4 nitrogen and oxygen atoms in total. The summed E-state index contributed by atoms with van der Waals surface area (Å²) in [5.41, 5.74) is 1.30. The number of carbonyl (C=O) groups excluding carboxylic acids is 1. The van der Waals surface area contributed by atoms with Gasteiger partial charge in [-0.1, -0.05) is 32.9 Å². The Morgan fingerprint density at radius 2 is 1.82 bits per heavy atom. The van der Waals surface area contributed by atoms with Crippen molar-refractivity contribution in [1.82, 2.24) is 10.3 Å². The number of hydrogen-bond donors (Lipinski definition) is 1. The fourth-order valence-electron chi connectivity index (χ4n) is 5.01. The molecule has 2 aliphatic rings. The molecule has 0 unspecified atom stereocenters. The van der Waals surface area contributed by atoms with Crippen molar-refractivity contribution in [3.63, 3.8) is 0 Å². The molecule has 2 fully saturated rings. The second kappa shape index (κ2) is 4.12. The van der Waals surface area contributed by atoms with Crippen LogP contribution < -0.4 is 5.32 Å². The molecule has 116 valence electrons. The van der Waals surface area contributed by atoms with Gasteiger partial charge < -0.3 is 9.73 Å². The van der Waals surface area contributed by atoms with E-state index in [-0.39, 0.29) is 22.2 Å². The summed E-state index contributed by atoms with van der Waals surface area (Å²) in [5, 5.41) is 3.09. The molecule has 0 radical (unpaired) electrons. The van der Waals surface area contributed by atoms with E-state index in [9.17, 15) is 4.79 Å². The summed E-state index contributed by atoms with van der Waals surface area (Å²) >= 11 is 0. The highest BCUT2D eigenvalue weighted by Gasteiger charge is 2.57. The topological polar surface area (TPSA) is 55.1 Å². The highest BCUT2D eigenvalue weighted by molar-refractivity contribution is 5.83. The molecule has 1 amide bonds. The van der Waals surface area contributed by atoms with Crippen molar-refractivity contribution >= 4 is 17.0 Å². The first kappa shape index (κ1) is 13.8. The van der Waals surface area contributed by atoms with Crippen LogP contribution in [-0.4, -0.2) is 17.4 Å². The lowest BCUT2D eigenvalue weighted by Crippen LogP contribution is -2.59. The number of para-hydroxylation sites is 2. The second-order valence-electron chi connectivity index (χ2n) is 8.13. The monoisotopic (exact) mass is 298 g/mol. The number of piperidine rings is 1. The predicted molar refractivity (Wildman–Crippen MR) is 84.4 cm³/mol. The molecule has 1 aromatic carbocycles. The van der Waals surface area contributed by atoms with Crippen LogP contribution in [0.5, 0.6) is 0 Å². The van der Waals surface area contributed by atoms with Gasteiger partial charge >= 0.3 is 0 Å². The lowest BCUT2D eigenvalue weighted by Gasteiger charge is -2.54. The normalized spacial score (nSPS) is 38.0. The summed E-state index contributed by atoms with van der Waals surface area (Å²) in [6.07, 6.45) is 2.72. The smallest absolute Gasteiger partial charge is 0.226 e. The maximum atomic E-state index is 12.4. The molecule has 22 heavy (non-hydrogen) atoms. The maximum absolute atomic E-state index is 12.4. The molecule has 2 bridgehead atoms. The predicted octanol–water partition coefficient (Wildman–Crippen LogP) is 3.41. The summed E-state index contributed by atoms with van der Waals surface area (Å²) < 4.78 is 6.06. The van der Waals surface area contributed by atoms with E-state index in [1.54, 1.807) is 0 Å². The Kier molecular flexibility index (Phi) is 2.58. The van der Waals surface area contributed by atoms with E-state index in [4.69, 9.17) is 9.40 Å². The van der Waals surface area contributed by atoms with E-state index < -0.39 is 0 Å². The zero-order valence-electron chi connectivity index (χ0n) is 13.4. The summed E-state index contributed by atoms with van der Waals surface area (Å²) in [7, 11) is 0. The average Bonchev–Trinajstić information content (AvgIpc) is 2.87. The largest absolute Gasteiger partial charge is 0.440 e. The number of oxazole rings is 1. The van der Waals surface area contributed by atoms with Crippen molar-refractivity contribution in [2.24, 2.45) is 10.8 Å². The van der Waals surface area contributed by atoms with Crippen LogP contribution in [0.1, 0.15) is 45.9 Å². The maximum Gasteiger partial charge on any atom is 0.226 e. The minimum atomic E-state index is -0.333. The Labute approximate surface area is 130 Å². The third-order valence-electron chi connectivity index (χ3n) is 5.45. The number of rotatable bonds is 1. The molecule has 0 spiro atoms. The van der Waals surface area contributed by atoms with Crippen LogP contribution in [0, 0.1) is 10.8 Å². The van der Waals surface area contributed by atoms with E-state index in [0.29, 0.717) is 0 Å². The van der Waals surface area contributed by atoms with Gasteiger partial charge in [0.25, 0.3) is 0 Å². The van der Waals surface area contributed by atoms with E-state index in [1.165, 1.54) is 0 Å².